The second-order valence-corrected chi connectivity index (χ2v) is 4.00. The van der Waals surface area contributed by atoms with Gasteiger partial charge in [0.05, 0.1) is 5.69 Å². The Hall–Kier alpha value is -1.64. The molecule has 0 unspecified atom stereocenters. The van der Waals surface area contributed by atoms with Gasteiger partial charge in [-0.3, -0.25) is 10.1 Å². The van der Waals surface area contributed by atoms with Gasteiger partial charge in [-0.1, -0.05) is 6.07 Å². The molecule has 3 heteroatoms. The third kappa shape index (κ3) is 1.65. The van der Waals surface area contributed by atoms with E-state index in [9.17, 15) is 0 Å². The second-order valence-electron chi connectivity index (χ2n) is 4.00. The van der Waals surface area contributed by atoms with Crippen molar-refractivity contribution >= 4 is 0 Å². The van der Waals surface area contributed by atoms with Crippen molar-refractivity contribution in [2.75, 3.05) is 0 Å². The topological polar surface area (TPSA) is 41.6 Å². The summed E-state index contributed by atoms with van der Waals surface area (Å²) in [4.78, 5) is 4.44. The van der Waals surface area contributed by atoms with Crippen LogP contribution in [0.5, 0.6) is 0 Å². The van der Waals surface area contributed by atoms with Crippen molar-refractivity contribution in [2.24, 2.45) is 0 Å². The lowest BCUT2D eigenvalue weighted by molar-refractivity contribution is 1.04. The SMILES string of the molecule is Cc1cnc(-c2n[nH]c(C)c2C)c(C)c1. The molecule has 78 valence electrons. The number of hydrogen-bond acceptors (Lipinski definition) is 2. The van der Waals surface area contributed by atoms with Gasteiger partial charge < -0.3 is 0 Å². The van der Waals surface area contributed by atoms with Gasteiger partial charge >= 0.3 is 0 Å². The number of aromatic amines is 1. The molecule has 0 saturated carbocycles. The van der Waals surface area contributed by atoms with Gasteiger partial charge in [0, 0.05) is 11.9 Å². The van der Waals surface area contributed by atoms with Crippen LogP contribution in [0.1, 0.15) is 22.4 Å². The molecule has 0 aliphatic carbocycles. The van der Waals surface area contributed by atoms with Gasteiger partial charge in [-0.05, 0) is 44.4 Å². The highest BCUT2D eigenvalue weighted by molar-refractivity contribution is 5.63. The van der Waals surface area contributed by atoms with Crippen LogP contribution in [0.2, 0.25) is 0 Å². The lowest BCUT2D eigenvalue weighted by Gasteiger charge is -2.03. The Morgan fingerprint density at radius 2 is 1.80 bits per heavy atom. The fraction of sp³-hybridized carbons (Fsp3) is 0.333. The molecule has 0 bridgehead atoms. The van der Waals surface area contributed by atoms with Gasteiger partial charge in [0.25, 0.3) is 0 Å². The molecule has 15 heavy (non-hydrogen) atoms. The Morgan fingerprint density at radius 1 is 1.07 bits per heavy atom. The zero-order valence-electron chi connectivity index (χ0n) is 9.55. The van der Waals surface area contributed by atoms with Crippen molar-refractivity contribution in [2.45, 2.75) is 27.7 Å². The van der Waals surface area contributed by atoms with E-state index in [0.29, 0.717) is 0 Å². The first-order chi connectivity index (χ1) is 7.09. The molecule has 2 heterocycles. The minimum atomic E-state index is 0.963. The quantitative estimate of drug-likeness (QED) is 0.770. The van der Waals surface area contributed by atoms with E-state index in [1.807, 2.05) is 20.0 Å². The molecule has 0 atom stereocenters. The number of aryl methyl sites for hydroxylation is 3. The summed E-state index contributed by atoms with van der Waals surface area (Å²) in [6, 6.07) is 2.13. The van der Waals surface area contributed by atoms with Crippen LogP contribution in [0.15, 0.2) is 12.3 Å². The van der Waals surface area contributed by atoms with Crippen molar-refractivity contribution in [1.82, 2.24) is 15.2 Å². The fourth-order valence-electron chi connectivity index (χ4n) is 1.68. The third-order valence-corrected chi connectivity index (χ3v) is 2.69. The molecule has 0 saturated heterocycles. The lowest BCUT2D eigenvalue weighted by Crippen LogP contribution is -1.91. The Bertz CT molecular complexity index is 498. The maximum absolute atomic E-state index is 4.44. The Labute approximate surface area is 89.6 Å². The molecule has 0 aliphatic heterocycles. The van der Waals surface area contributed by atoms with E-state index < -0.39 is 0 Å². The molecule has 0 aromatic carbocycles. The van der Waals surface area contributed by atoms with Crippen LogP contribution < -0.4 is 0 Å². The van der Waals surface area contributed by atoms with Crippen molar-refractivity contribution < 1.29 is 0 Å². The Balaban J connectivity index is 2.59. The van der Waals surface area contributed by atoms with Gasteiger partial charge in [-0.2, -0.15) is 5.10 Å². The van der Waals surface area contributed by atoms with E-state index in [4.69, 9.17) is 0 Å². The number of hydrogen-bond donors (Lipinski definition) is 1. The van der Waals surface area contributed by atoms with Crippen LogP contribution in [0, 0.1) is 27.7 Å². The number of pyridine rings is 1. The van der Waals surface area contributed by atoms with Crippen molar-refractivity contribution in [3.8, 4) is 11.4 Å². The van der Waals surface area contributed by atoms with Gasteiger partial charge in [0.15, 0.2) is 0 Å². The minimum Gasteiger partial charge on any atom is -0.282 e. The largest absolute Gasteiger partial charge is 0.282 e. The van der Waals surface area contributed by atoms with E-state index in [0.717, 1.165) is 17.1 Å². The summed E-state index contributed by atoms with van der Waals surface area (Å²) >= 11 is 0. The minimum absolute atomic E-state index is 0.963. The molecule has 2 aromatic heterocycles. The average Bonchev–Trinajstić information content (AvgIpc) is 2.49. The summed E-state index contributed by atoms with van der Waals surface area (Å²) in [6.45, 7) is 8.20. The van der Waals surface area contributed by atoms with Crippen LogP contribution in [0.4, 0.5) is 0 Å². The van der Waals surface area contributed by atoms with Crippen molar-refractivity contribution in [3.63, 3.8) is 0 Å². The molecular formula is C12H15N3. The number of rotatable bonds is 1. The van der Waals surface area contributed by atoms with E-state index in [1.165, 1.54) is 16.7 Å². The monoisotopic (exact) mass is 201 g/mol. The number of nitrogens with one attached hydrogen (secondary N) is 1. The van der Waals surface area contributed by atoms with Crippen LogP contribution in [0.3, 0.4) is 0 Å². The Kier molecular flexibility index (Phi) is 2.31. The highest BCUT2D eigenvalue weighted by Crippen LogP contribution is 2.23. The normalized spacial score (nSPS) is 10.7. The maximum atomic E-state index is 4.44. The Morgan fingerprint density at radius 3 is 2.33 bits per heavy atom. The van der Waals surface area contributed by atoms with Gasteiger partial charge in [-0.15, -0.1) is 0 Å². The maximum Gasteiger partial charge on any atom is 0.114 e. The van der Waals surface area contributed by atoms with Crippen LogP contribution in [-0.2, 0) is 0 Å². The zero-order valence-corrected chi connectivity index (χ0v) is 9.55. The van der Waals surface area contributed by atoms with E-state index >= 15 is 0 Å². The smallest absolute Gasteiger partial charge is 0.114 e. The fourth-order valence-corrected chi connectivity index (χ4v) is 1.68. The standard InChI is InChI=1S/C12H15N3/c1-7-5-8(2)11(13-6-7)12-9(3)10(4)14-15-12/h5-6H,1-4H3,(H,14,15). The molecule has 2 aromatic rings. The molecule has 0 amide bonds. The van der Waals surface area contributed by atoms with Gasteiger partial charge in [-0.25, -0.2) is 0 Å². The van der Waals surface area contributed by atoms with Crippen molar-refractivity contribution in [3.05, 3.63) is 34.6 Å². The molecule has 2 rings (SSSR count). The van der Waals surface area contributed by atoms with E-state index in [2.05, 4.69) is 35.1 Å². The van der Waals surface area contributed by atoms with Crippen molar-refractivity contribution in [1.29, 1.82) is 0 Å². The molecule has 0 fully saturated rings. The summed E-state index contributed by atoms with van der Waals surface area (Å²) in [7, 11) is 0. The molecule has 1 N–H and O–H groups in total. The van der Waals surface area contributed by atoms with Crippen LogP contribution in [0.25, 0.3) is 11.4 Å². The predicted octanol–water partition coefficient (Wildman–Crippen LogP) is 2.71. The summed E-state index contributed by atoms with van der Waals surface area (Å²) in [5.74, 6) is 0. The van der Waals surface area contributed by atoms with Crippen LogP contribution >= 0.6 is 0 Å². The number of aromatic nitrogens is 3. The van der Waals surface area contributed by atoms with E-state index in [-0.39, 0.29) is 0 Å². The zero-order chi connectivity index (χ0) is 11.0. The summed E-state index contributed by atoms with van der Waals surface area (Å²) in [6.07, 6.45) is 1.88. The number of H-pyrrole nitrogens is 1. The average molecular weight is 201 g/mol. The summed E-state index contributed by atoms with van der Waals surface area (Å²) in [5, 5.41) is 7.28. The predicted molar refractivity (Wildman–Crippen MR) is 60.8 cm³/mol. The molecular weight excluding hydrogens is 186 g/mol. The first-order valence-corrected chi connectivity index (χ1v) is 5.05. The molecule has 0 radical (unpaired) electrons. The first-order valence-electron chi connectivity index (χ1n) is 5.05. The van der Waals surface area contributed by atoms with E-state index in [1.54, 1.807) is 0 Å². The number of nitrogens with zero attached hydrogens (tertiary/aromatic N) is 2. The second kappa shape index (κ2) is 3.50. The first kappa shape index (κ1) is 9.90. The van der Waals surface area contributed by atoms with Crippen LogP contribution in [-0.4, -0.2) is 15.2 Å². The van der Waals surface area contributed by atoms with Gasteiger partial charge in [0.2, 0.25) is 0 Å². The van der Waals surface area contributed by atoms with Gasteiger partial charge in [0.1, 0.15) is 5.69 Å². The summed E-state index contributed by atoms with van der Waals surface area (Å²) in [5.41, 5.74) is 6.57. The third-order valence-electron chi connectivity index (χ3n) is 2.69. The highest BCUT2D eigenvalue weighted by atomic mass is 15.1. The summed E-state index contributed by atoms with van der Waals surface area (Å²) < 4.78 is 0. The molecule has 3 nitrogen and oxygen atoms in total. The molecule has 0 spiro atoms. The lowest BCUT2D eigenvalue weighted by atomic mass is 10.1. The highest BCUT2D eigenvalue weighted by Gasteiger charge is 2.11. The molecule has 0 aliphatic rings.